The standard InChI is InChI=1S/C13H16N2O3/c1-9(16)14-6-7-15-12-8-11(17)4-2-10(12)3-5-13(15)18/h2,4,8,17H,3,5-7H2,1H3,(H,14,16). The van der Waals surface area contributed by atoms with Crippen LogP contribution in [0.1, 0.15) is 18.9 Å². The molecule has 1 heterocycles. The van der Waals surface area contributed by atoms with Crippen molar-refractivity contribution in [3.63, 3.8) is 0 Å². The Hall–Kier alpha value is -2.04. The lowest BCUT2D eigenvalue weighted by atomic mass is 10.0. The predicted octanol–water partition coefficient (Wildman–Crippen LogP) is 0.807. The molecule has 0 aliphatic carbocycles. The third-order valence-corrected chi connectivity index (χ3v) is 2.98. The molecule has 0 spiro atoms. The number of aryl methyl sites for hydroxylation is 1. The van der Waals surface area contributed by atoms with Gasteiger partial charge >= 0.3 is 0 Å². The van der Waals surface area contributed by atoms with Gasteiger partial charge in [-0.15, -0.1) is 0 Å². The van der Waals surface area contributed by atoms with Gasteiger partial charge in [0.05, 0.1) is 5.69 Å². The molecular formula is C13H16N2O3. The fourth-order valence-corrected chi connectivity index (χ4v) is 2.11. The van der Waals surface area contributed by atoms with Crippen LogP contribution < -0.4 is 10.2 Å². The lowest BCUT2D eigenvalue weighted by Gasteiger charge is -2.29. The summed E-state index contributed by atoms with van der Waals surface area (Å²) < 4.78 is 0. The molecule has 0 saturated carbocycles. The maximum atomic E-state index is 11.9. The highest BCUT2D eigenvalue weighted by molar-refractivity contribution is 5.96. The maximum absolute atomic E-state index is 11.9. The molecule has 2 N–H and O–H groups in total. The molecule has 0 atom stereocenters. The summed E-state index contributed by atoms with van der Waals surface area (Å²) in [6, 6.07) is 5.06. The number of aromatic hydroxyl groups is 1. The van der Waals surface area contributed by atoms with Gasteiger partial charge in [-0.1, -0.05) is 6.07 Å². The van der Waals surface area contributed by atoms with E-state index in [0.29, 0.717) is 25.9 Å². The zero-order valence-electron chi connectivity index (χ0n) is 10.3. The number of hydrogen-bond acceptors (Lipinski definition) is 3. The second-order valence-electron chi connectivity index (χ2n) is 4.34. The molecule has 2 amide bonds. The van der Waals surface area contributed by atoms with Crippen LogP contribution in [0.5, 0.6) is 5.75 Å². The van der Waals surface area contributed by atoms with Gasteiger partial charge in [0.25, 0.3) is 0 Å². The zero-order chi connectivity index (χ0) is 13.1. The number of carbonyl (C=O) groups is 2. The molecule has 18 heavy (non-hydrogen) atoms. The van der Waals surface area contributed by atoms with Crippen molar-refractivity contribution in [2.24, 2.45) is 0 Å². The third-order valence-electron chi connectivity index (χ3n) is 2.98. The van der Waals surface area contributed by atoms with Crippen LogP contribution in [0.3, 0.4) is 0 Å². The van der Waals surface area contributed by atoms with Crippen LogP contribution >= 0.6 is 0 Å². The van der Waals surface area contributed by atoms with Gasteiger partial charge in [0.1, 0.15) is 5.75 Å². The summed E-state index contributed by atoms with van der Waals surface area (Å²) in [6.45, 7) is 2.28. The fraction of sp³-hybridized carbons (Fsp3) is 0.385. The molecule has 0 bridgehead atoms. The van der Waals surface area contributed by atoms with Gasteiger partial charge in [-0.2, -0.15) is 0 Å². The topological polar surface area (TPSA) is 69.6 Å². The van der Waals surface area contributed by atoms with Gasteiger partial charge in [-0.05, 0) is 18.1 Å². The Labute approximate surface area is 105 Å². The Bertz CT molecular complexity index is 485. The minimum absolute atomic E-state index is 0.0263. The van der Waals surface area contributed by atoms with E-state index in [4.69, 9.17) is 0 Å². The summed E-state index contributed by atoms with van der Waals surface area (Å²) in [6.07, 6.45) is 1.17. The van der Waals surface area contributed by atoms with Crippen molar-refractivity contribution in [3.8, 4) is 5.75 Å². The molecular weight excluding hydrogens is 232 g/mol. The second kappa shape index (κ2) is 5.08. The normalized spacial score (nSPS) is 14.3. The highest BCUT2D eigenvalue weighted by atomic mass is 16.3. The minimum atomic E-state index is -0.115. The number of hydrogen-bond donors (Lipinski definition) is 2. The van der Waals surface area contributed by atoms with E-state index >= 15 is 0 Å². The van der Waals surface area contributed by atoms with Gasteiger partial charge in [0, 0.05) is 32.5 Å². The first kappa shape index (κ1) is 12.4. The van der Waals surface area contributed by atoms with E-state index in [1.54, 1.807) is 17.0 Å². The monoisotopic (exact) mass is 248 g/mol. The van der Waals surface area contributed by atoms with E-state index in [-0.39, 0.29) is 17.6 Å². The first-order valence-corrected chi connectivity index (χ1v) is 5.94. The molecule has 0 saturated heterocycles. The third kappa shape index (κ3) is 2.61. The summed E-state index contributed by atoms with van der Waals surface area (Å²) >= 11 is 0. The number of nitrogens with one attached hydrogen (secondary N) is 1. The number of fused-ring (bicyclic) bond motifs is 1. The number of nitrogens with zero attached hydrogens (tertiary/aromatic N) is 1. The van der Waals surface area contributed by atoms with Crippen molar-refractivity contribution in [3.05, 3.63) is 23.8 Å². The first-order chi connectivity index (χ1) is 8.58. The van der Waals surface area contributed by atoms with Crippen molar-refractivity contribution < 1.29 is 14.7 Å². The quantitative estimate of drug-likeness (QED) is 0.831. The number of phenolic OH excluding ortho intramolecular Hbond substituents is 1. The Morgan fingerprint density at radius 1 is 1.44 bits per heavy atom. The number of amides is 2. The number of benzene rings is 1. The van der Waals surface area contributed by atoms with Crippen LogP contribution in [0.15, 0.2) is 18.2 Å². The fourth-order valence-electron chi connectivity index (χ4n) is 2.11. The number of anilines is 1. The smallest absolute Gasteiger partial charge is 0.227 e. The van der Waals surface area contributed by atoms with Crippen LogP contribution in [0, 0.1) is 0 Å². The number of rotatable bonds is 3. The van der Waals surface area contributed by atoms with Crippen molar-refractivity contribution in [1.29, 1.82) is 0 Å². The second-order valence-corrected chi connectivity index (χ2v) is 4.34. The molecule has 0 fully saturated rings. The van der Waals surface area contributed by atoms with Crippen LogP contribution in [0.25, 0.3) is 0 Å². The minimum Gasteiger partial charge on any atom is -0.508 e. The van der Waals surface area contributed by atoms with Crippen molar-refractivity contribution in [1.82, 2.24) is 5.32 Å². The van der Waals surface area contributed by atoms with Crippen LogP contribution in [0.2, 0.25) is 0 Å². The lowest BCUT2D eigenvalue weighted by molar-refractivity contribution is -0.120. The summed E-state index contributed by atoms with van der Waals surface area (Å²) in [7, 11) is 0. The Kier molecular flexibility index (Phi) is 3.50. The molecule has 1 aliphatic heterocycles. The van der Waals surface area contributed by atoms with Gasteiger partial charge in [0.15, 0.2) is 0 Å². The SMILES string of the molecule is CC(=O)NCCN1C(=O)CCc2ccc(O)cc21. The molecule has 1 aliphatic rings. The van der Waals surface area contributed by atoms with E-state index < -0.39 is 0 Å². The molecule has 96 valence electrons. The van der Waals surface area contributed by atoms with Crippen LogP contribution in [-0.2, 0) is 16.0 Å². The summed E-state index contributed by atoms with van der Waals surface area (Å²) in [5.41, 5.74) is 1.80. The van der Waals surface area contributed by atoms with E-state index in [2.05, 4.69) is 5.32 Å². The molecule has 5 nitrogen and oxygen atoms in total. The highest BCUT2D eigenvalue weighted by Gasteiger charge is 2.23. The van der Waals surface area contributed by atoms with Gasteiger partial charge in [0.2, 0.25) is 11.8 Å². The molecule has 1 aromatic carbocycles. The van der Waals surface area contributed by atoms with Crippen LogP contribution in [0.4, 0.5) is 5.69 Å². The van der Waals surface area contributed by atoms with E-state index in [0.717, 1.165) is 11.3 Å². The lowest BCUT2D eigenvalue weighted by Crippen LogP contribution is -2.40. The van der Waals surface area contributed by atoms with Crippen molar-refractivity contribution in [2.45, 2.75) is 19.8 Å². The van der Waals surface area contributed by atoms with Gasteiger partial charge in [-0.25, -0.2) is 0 Å². The largest absolute Gasteiger partial charge is 0.508 e. The molecule has 5 heteroatoms. The zero-order valence-corrected chi connectivity index (χ0v) is 10.3. The first-order valence-electron chi connectivity index (χ1n) is 5.94. The van der Waals surface area contributed by atoms with Crippen molar-refractivity contribution >= 4 is 17.5 Å². The van der Waals surface area contributed by atoms with Gasteiger partial charge < -0.3 is 15.3 Å². The van der Waals surface area contributed by atoms with E-state index in [9.17, 15) is 14.7 Å². The molecule has 0 aromatic heterocycles. The molecule has 2 rings (SSSR count). The Morgan fingerprint density at radius 2 is 2.22 bits per heavy atom. The Balaban J connectivity index is 2.16. The average Bonchev–Trinajstić information content (AvgIpc) is 2.31. The van der Waals surface area contributed by atoms with E-state index in [1.165, 1.54) is 6.92 Å². The summed E-state index contributed by atoms with van der Waals surface area (Å²) in [5.74, 6) is 0.0574. The van der Waals surface area contributed by atoms with Gasteiger partial charge in [-0.3, -0.25) is 9.59 Å². The van der Waals surface area contributed by atoms with Crippen LogP contribution in [-0.4, -0.2) is 30.0 Å². The average molecular weight is 248 g/mol. The Morgan fingerprint density at radius 3 is 2.94 bits per heavy atom. The summed E-state index contributed by atoms with van der Waals surface area (Å²) in [5, 5.41) is 12.2. The molecule has 0 radical (unpaired) electrons. The molecule has 1 aromatic rings. The number of phenols is 1. The maximum Gasteiger partial charge on any atom is 0.227 e. The van der Waals surface area contributed by atoms with Crippen molar-refractivity contribution in [2.75, 3.05) is 18.0 Å². The molecule has 0 unspecified atom stereocenters. The summed E-state index contributed by atoms with van der Waals surface area (Å²) in [4.78, 5) is 24.3. The number of carbonyl (C=O) groups excluding carboxylic acids is 2. The predicted molar refractivity (Wildman–Crippen MR) is 67.5 cm³/mol. The highest BCUT2D eigenvalue weighted by Crippen LogP contribution is 2.30. The van der Waals surface area contributed by atoms with E-state index in [1.807, 2.05) is 6.07 Å².